The zero-order valence-corrected chi connectivity index (χ0v) is 20.8. The minimum atomic E-state index is -0.695. The molecule has 0 aliphatic rings. The van der Waals surface area contributed by atoms with Crippen LogP contribution in [0.3, 0.4) is 0 Å². The molecule has 0 amide bonds. The molecule has 2 aromatic rings. The van der Waals surface area contributed by atoms with Crippen LogP contribution < -0.4 is 5.32 Å². The highest BCUT2D eigenvalue weighted by molar-refractivity contribution is 5.66. The number of aliphatic hydroxyl groups is 1. The first kappa shape index (κ1) is 28.1. The lowest BCUT2D eigenvalue weighted by molar-refractivity contribution is -0.137. The summed E-state index contributed by atoms with van der Waals surface area (Å²) in [5, 5.41) is 22.5. The topological polar surface area (TPSA) is 69.6 Å². The maximum atomic E-state index is 11.0. The Morgan fingerprint density at radius 1 is 0.676 bits per heavy atom. The molecule has 0 saturated carbocycles. The summed E-state index contributed by atoms with van der Waals surface area (Å²) in [7, 11) is 0. The number of carbonyl (C=O) groups is 1. The number of hydrogen-bond donors (Lipinski definition) is 3. The third-order valence-corrected chi connectivity index (χ3v) is 6.66. The van der Waals surface area contributed by atoms with Crippen LogP contribution in [0.15, 0.2) is 60.7 Å². The van der Waals surface area contributed by atoms with Crippen LogP contribution in [0.25, 0.3) is 0 Å². The molecule has 0 bridgehead atoms. The smallest absolute Gasteiger partial charge is 0.303 e. The summed E-state index contributed by atoms with van der Waals surface area (Å²) >= 11 is 0. The summed E-state index contributed by atoms with van der Waals surface area (Å²) in [5.74, 6) is -0.326. The van der Waals surface area contributed by atoms with E-state index in [0.29, 0.717) is 12.5 Å². The highest BCUT2D eigenvalue weighted by atomic mass is 16.4. The zero-order chi connectivity index (χ0) is 24.3. The van der Waals surface area contributed by atoms with Gasteiger partial charge in [0.05, 0.1) is 6.10 Å². The molecule has 4 heteroatoms. The Balaban J connectivity index is 1.40. The molecule has 2 rings (SSSR count). The number of benzene rings is 2. The van der Waals surface area contributed by atoms with Crippen LogP contribution in [-0.2, 0) is 4.79 Å². The van der Waals surface area contributed by atoms with E-state index in [4.69, 9.17) is 5.11 Å². The van der Waals surface area contributed by atoms with Gasteiger partial charge in [-0.2, -0.15) is 0 Å². The van der Waals surface area contributed by atoms with Crippen molar-refractivity contribution in [3.05, 3.63) is 71.8 Å². The number of unbranched alkanes of at least 4 members (excludes halogenated alkanes) is 9. The highest BCUT2D eigenvalue weighted by Crippen LogP contribution is 2.27. The molecule has 0 radical (unpaired) electrons. The highest BCUT2D eigenvalue weighted by Gasteiger charge is 2.13. The molecule has 0 aromatic heterocycles. The molecule has 0 aliphatic heterocycles. The lowest BCUT2D eigenvalue weighted by Crippen LogP contribution is -2.22. The van der Waals surface area contributed by atoms with Gasteiger partial charge in [-0.1, -0.05) is 118 Å². The first-order valence-corrected chi connectivity index (χ1v) is 13.4. The quantitative estimate of drug-likeness (QED) is 0.179. The largest absolute Gasteiger partial charge is 0.481 e. The molecule has 3 N–H and O–H groups in total. The summed E-state index contributed by atoms with van der Waals surface area (Å²) in [6.45, 7) is 1.59. The van der Waals surface area contributed by atoms with Gasteiger partial charge < -0.3 is 15.5 Å². The summed E-state index contributed by atoms with van der Waals surface area (Å²) in [6, 6.07) is 20.2. The number of carboxylic acid groups (broad SMARTS) is 1. The summed E-state index contributed by atoms with van der Waals surface area (Å²) in [4.78, 5) is 11.0. The molecule has 0 heterocycles. The van der Waals surface area contributed by atoms with Crippen molar-refractivity contribution in [2.75, 3.05) is 13.1 Å². The van der Waals surface area contributed by atoms with E-state index < -0.39 is 12.1 Å². The van der Waals surface area contributed by atoms with E-state index in [0.717, 1.165) is 24.9 Å². The van der Waals surface area contributed by atoms with Gasteiger partial charge in [-0.25, -0.2) is 0 Å². The van der Waals surface area contributed by atoms with Crippen molar-refractivity contribution in [2.24, 2.45) is 0 Å². The third kappa shape index (κ3) is 12.9. The Morgan fingerprint density at radius 3 is 1.74 bits per heavy atom. The van der Waals surface area contributed by atoms with Gasteiger partial charge in [0.15, 0.2) is 0 Å². The van der Waals surface area contributed by atoms with Crippen molar-refractivity contribution in [3.8, 4) is 0 Å². The number of aliphatic carboxylic acids is 1. The van der Waals surface area contributed by atoms with Crippen LogP contribution in [0.1, 0.15) is 107 Å². The molecule has 4 nitrogen and oxygen atoms in total. The standard InChI is InChI=1S/C30H45NO3/c32-29(28-20-14-10-15-21-28)25-31-24-16-8-6-4-2-1-3-5-7-11-19-27(22-23-30(33)34)26-17-12-9-13-18-26/h9-10,12-15,17-18,20-21,27,29,31-32H,1-8,11,16,19,22-25H2,(H,33,34). The van der Waals surface area contributed by atoms with E-state index in [-0.39, 0.29) is 6.42 Å². The van der Waals surface area contributed by atoms with Crippen LogP contribution in [0, 0.1) is 0 Å². The van der Waals surface area contributed by atoms with E-state index >= 15 is 0 Å². The number of aliphatic hydroxyl groups excluding tert-OH is 1. The van der Waals surface area contributed by atoms with Crippen molar-refractivity contribution >= 4 is 5.97 Å². The van der Waals surface area contributed by atoms with E-state index in [2.05, 4.69) is 29.6 Å². The molecule has 0 aliphatic carbocycles. The van der Waals surface area contributed by atoms with Gasteiger partial charge in [-0.05, 0) is 42.9 Å². The lowest BCUT2D eigenvalue weighted by atomic mass is 9.89. The fourth-order valence-corrected chi connectivity index (χ4v) is 4.59. The third-order valence-electron chi connectivity index (χ3n) is 6.66. The molecule has 2 atom stereocenters. The minimum absolute atomic E-state index is 0.255. The summed E-state index contributed by atoms with van der Waals surface area (Å²) in [6.07, 6.45) is 14.4. The van der Waals surface area contributed by atoms with Gasteiger partial charge in [-0.15, -0.1) is 0 Å². The maximum absolute atomic E-state index is 11.0. The van der Waals surface area contributed by atoms with Gasteiger partial charge in [0.1, 0.15) is 0 Å². The Kier molecular flexibility index (Phi) is 15.0. The molecule has 0 fully saturated rings. The van der Waals surface area contributed by atoms with Crippen molar-refractivity contribution in [3.63, 3.8) is 0 Å². The predicted octanol–water partition coefficient (Wildman–Crippen LogP) is 7.25. The average molecular weight is 468 g/mol. The second kappa shape index (κ2) is 18.2. The number of carboxylic acids is 1. The number of nitrogens with one attached hydrogen (secondary N) is 1. The molecule has 2 unspecified atom stereocenters. The molecule has 0 spiro atoms. The average Bonchev–Trinajstić information content (AvgIpc) is 2.86. The molecule has 188 valence electrons. The molecular formula is C30H45NO3. The first-order valence-electron chi connectivity index (χ1n) is 13.4. The van der Waals surface area contributed by atoms with Crippen molar-refractivity contribution in [2.45, 2.75) is 95.5 Å². The van der Waals surface area contributed by atoms with E-state index in [9.17, 15) is 9.90 Å². The zero-order valence-electron chi connectivity index (χ0n) is 20.8. The van der Waals surface area contributed by atoms with Crippen LogP contribution >= 0.6 is 0 Å². The van der Waals surface area contributed by atoms with E-state index in [1.807, 2.05) is 36.4 Å². The Labute approximate surface area is 206 Å². The fourth-order valence-electron chi connectivity index (χ4n) is 4.59. The van der Waals surface area contributed by atoms with Gasteiger partial charge >= 0.3 is 5.97 Å². The summed E-state index contributed by atoms with van der Waals surface area (Å²) in [5.41, 5.74) is 2.26. The lowest BCUT2D eigenvalue weighted by Gasteiger charge is -2.16. The second-order valence-corrected chi connectivity index (χ2v) is 9.49. The van der Waals surface area contributed by atoms with Crippen LogP contribution in [0.5, 0.6) is 0 Å². The second-order valence-electron chi connectivity index (χ2n) is 9.49. The normalized spacial score (nSPS) is 13.0. The Bertz CT molecular complexity index is 750. The van der Waals surface area contributed by atoms with Crippen LogP contribution in [0.4, 0.5) is 0 Å². The van der Waals surface area contributed by atoms with Crippen molar-refractivity contribution in [1.82, 2.24) is 5.32 Å². The van der Waals surface area contributed by atoms with Crippen LogP contribution in [-0.4, -0.2) is 29.3 Å². The molecular weight excluding hydrogens is 422 g/mol. The van der Waals surface area contributed by atoms with Gasteiger partial charge in [-0.3, -0.25) is 4.79 Å². The van der Waals surface area contributed by atoms with E-state index in [1.54, 1.807) is 0 Å². The number of hydrogen-bond acceptors (Lipinski definition) is 3. The van der Waals surface area contributed by atoms with Crippen LogP contribution in [0.2, 0.25) is 0 Å². The fraction of sp³-hybridized carbons (Fsp3) is 0.567. The first-order chi connectivity index (χ1) is 16.7. The Hall–Kier alpha value is -2.17. The summed E-state index contributed by atoms with van der Waals surface area (Å²) < 4.78 is 0. The van der Waals surface area contributed by atoms with Crippen molar-refractivity contribution < 1.29 is 15.0 Å². The van der Waals surface area contributed by atoms with Gasteiger partial charge in [0.2, 0.25) is 0 Å². The number of rotatable bonds is 20. The molecule has 0 saturated heterocycles. The van der Waals surface area contributed by atoms with Crippen molar-refractivity contribution in [1.29, 1.82) is 0 Å². The Morgan fingerprint density at radius 2 is 1.18 bits per heavy atom. The monoisotopic (exact) mass is 467 g/mol. The molecule has 2 aromatic carbocycles. The molecule has 34 heavy (non-hydrogen) atoms. The maximum Gasteiger partial charge on any atom is 0.303 e. The predicted molar refractivity (Wildman–Crippen MR) is 141 cm³/mol. The SMILES string of the molecule is O=C(O)CCC(CCCCCCCCCCCCNCC(O)c1ccccc1)c1ccccc1. The van der Waals surface area contributed by atoms with Gasteiger partial charge in [0, 0.05) is 13.0 Å². The van der Waals surface area contributed by atoms with Gasteiger partial charge in [0.25, 0.3) is 0 Å². The van der Waals surface area contributed by atoms with E-state index in [1.165, 1.54) is 69.8 Å². The minimum Gasteiger partial charge on any atom is -0.481 e.